The first kappa shape index (κ1) is 29.6. The highest BCUT2D eigenvalue weighted by Gasteiger charge is 2.41. The number of halogens is 1. The molecular formula is C22H23ClN4O11. The second-order valence-corrected chi connectivity index (χ2v) is 8.78. The van der Waals surface area contributed by atoms with Gasteiger partial charge < -0.3 is 24.6 Å². The molecule has 0 atom stereocenters. The van der Waals surface area contributed by atoms with Crippen molar-refractivity contribution < 1.29 is 39.3 Å². The number of hydrogen-bond donors (Lipinski definition) is 1. The van der Waals surface area contributed by atoms with Gasteiger partial charge in [-0.05, 0) is 54.8 Å². The van der Waals surface area contributed by atoms with Gasteiger partial charge in [0.15, 0.2) is 5.60 Å². The second-order valence-electron chi connectivity index (χ2n) is 8.35. The SMILES string of the molecule is C=C(c1ccc(Cl)cc1)c1ccc(OC(C)(C)C(=O)NC(CO[N+](=O)[O-])(CO[N+](=O)[O-])CO[N+](=O)[O-])cc1. The average Bonchev–Trinajstić information content (AvgIpc) is 2.85. The molecular weight excluding hydrogens is 532 g/mol. The van der Waals surface area contributed by atoms with Crippen LogP contribution in [0.4, 0.5) is 0 Å². The Kier molecular flexibility index (Phi) is 9.75. The van der Waals surface area contributed by atoms with Crippen LogP contribution < -0.4 is 10.1 Å². The molecule has 2 aromatic rings. The van der Waals surface area contributed by atoms with Gasteiger partial charge in [0.2, 0.25) is 0 Å². The Morgan fingerprint density at radius 1 is 0.842 bits per heavy atom. The van der Waals surface area contributed by atoms with E-state index in [0.29, 0.717) is 10.6 Å². The minimum atomic E-state index is -2.20. The maximum Gasteiger partial charge on any atom is 0.294 e. The molecule has 0 bridgehead atoms. The van der Waals surface area contributed by atoms with Crippen molar-refractivity contribution >= 4 is 23.1 Å². The molecule has 0 saturated carbocycles. The molecule has 0 spiro atoms. The first-order valence-corrected chi connectivity index (χ1v) is 11.0. The van der Waals surface area contributed by atoms with Gasteiger partial charge in [-0.2, -0.15) is 0 Å². The number of nitrogens with zero attached hydrogens (tertiary/aromatic N) is 3. The molecule has 0 unspecified atom stereocenters. The third kappa shape index (κ3) is 8.77. The van der Waals surface area contributed by atoms with Crippen LogP contribution in [0.1, 0.15) is 25.0 Å². The highest BCUT2D eigenvalue weighted by molar-refractivity contribution is 6.30. The van der Waals surface area contributed by atoms with Gasteiger partial charge in [0, 0.05) is 5.02 Å². The molecule has 38 heavy (non-hydrogen) atoms. The second kappa shape index (κ2) is 12.5. The van der Waals surface area contributed by atoms with Crippen molar-refractivity contribution in [1.82, 2.24) is 5.32 Å². The van der Waals surface area contributed by atoms with Crippen molar-refractivity contribution in [2.75, 3.05) is 19.8 Å². The fraction of sp³-hybridized carbons (Fsp3) is 0.318. The fourth-order valence-electron chi connectivity index (χ4n) is 3.04. The summed E-state index contributed by atoms with van der Waals surface area (Å²) in [5.74, 6) is -0.717. The number of hydrogen-bond acceptors (Lipinski definition) is 11. The largest absolute Gasteiger partial charge is 0.478 e. The van der Waals surface area contributed by atoms with E-state index in [0.717, 1.165) is 11.1 Å². The normalized spacial score (nSPS) is 11.1. The van der Waals surface area contributed by atoms with E-state index >= 15 is 0 Å². The lowest BCUT2D eigenvalue weighted by atomic mass is 9.99. The zero-order valence-corrected chi connectivity index (χ0v) is 20.9. The highest BCUT2D eigenvalue weighted by atomic mass is 35.5. The van der Waals surface area contributed by atoms with Gasteiger partial charge in [0.1, 0.15) is 31.1 Å². The predicted octanol–water partition coefficient (Wildman–Crippen LogP) is 3.04. The highest BCUT2D eigenvalue weighted by Crippen LogP contribution is 2.27. The van der Waals surface area contributed by atoms with Gasteiger partial charge in [-0.3, -0.25) is 4.79 Å². The van der Waals surface area contributed by atoms with Crippen LogP contribution in [-0.4, -0.2) is 52.1 Å². The molecule has 2 aromatic carbocycles. The number of amides is 1. The van der Waals surface area contributed by atoms with Crippen molar-refractivity contribution in [3.05, 3.63) is 102 Å². The van der Waals surface area contributed by atoms with Crippen molar-refractivity contribution in [2.45, 2.75) is 25.0 Å². The van der Waals surface area contributed by atoms with Crippen molar-refractivity contribution in [3.8, 4) is 5.75 Å². The topological polar surface area (TPSA) is 195 Å². The summed E-state index contributed by atoms with van der Waals surface area (Å²) >= 11 is 5.92. The van der Waals surface area contributed by atoms with E-state index in [2.05, 4.69) is 26.4 Å². The quantitative estimate of drug-likeness (QED) is 0.251. The number of ether oxygens (including phenoxy) is 1. The summed E-state index contributed by atoms with van der Waals surface area (Å²) in [6, 6.07) is 13.6. The number of carbonyl (C=O) groups is 1. The zero-order valence-electron chi connectivity index (χ0n) is 20.2. The van der Waals surface area contributed by atoms with E-state index in [4.69, 9.17) is 16.3 Å². The maximum atomic E-state index is 13.1. The van der Waals surface area contributed by atoms with E-state index in [1.165, 1.54) is 13.8 Å². The molecule has 1 N–H and O–H groups in total. The lowest BCUT2D eigenvalue weighted by Crippen LogP contribution is -2.63. The van der Waals surface area contributed by atoms with Gasteiger partial charge in [-0.25, -0.2) is 0 Å². The lowest BCUT2D eigenvalue weighted by Gasteiger charge is -2.35. The molecule has 15 nitrogen and oxygen atoms in total. The van der Waals surface area contributed by atoms with Gasteiger partial charge in [0.25, 0.3) is 21.2 Å². The van der Waals surface area contributed by atoms with Crippen molar-refractivity contribution in [2.24, 2.45) is 0 Å². The summed E-state index contributed by atoms with van der Waals surface area (Å²) in [5, 5.41) is 31.2. The van der Waals surface area contributed by atoms with E-state index in [1.54, 1.807) is 36.4 Å². The molecule has 0 aliphatic rings. The smallest absolute Gasteiger partial charge is 0.294 e. The van der Waals surface area contributed by atoms with Crippen LogP contribution in [0.25, 0.3) is 5.57 Å². The molecule has 1 amide bonds. The average molecular weight is 555 g/mol. The van der Waals surface area contributed by atoms with Gasteiger partial charge in [0.05, 0.1) is 0 Å². The molecule has 16 heteroatoms. The summed E-state index contributed by atoms with van der Waals surface area (Å²) in [5.41, 5.74) is -1.59. The molecule has 0 saturated heterocycles. The Labute approximate surface area is 220 Å². The first-order valence-electron chi connectivity index (χ1n) is 10.6. The van der Waals surface area contributed by atoms with Crippen LogP contribution in [0, 0.1) is 30.3 Å². The lowest BCUT2D eigenvalue weighted by molar-refractivity contribution is -0.778. The monoisotopic (exact) mass is 554 g/mol. The number of rotatable bonds is 15. The molecule has 2 rings (SSSR count). The Hall–Kier alpha value is -4.66. The van der Waals surface area contributed by atoms with Gasteiger partial charge >= 0.3 is 0 Å². The van der Waals surface area contributed by atoms with Crippen molar-refractivity contribution in [1.29, 1.82) is 0 Å². The Morgan fingerprint density at radius 3 is 1.63 bits per heavy atom. The van der Waals surface area contributed by atoms with Crippen LogP contribution >= 0.6 is 11.6 Å². The number of carbonyl (C=O) groups excluding carboxylic acids is 1. The number of benzene rings is 2. The molecule has 0 aliphatic carbocycles. The summed E-state index contributed by atoms with van der Waals surface area (Å²) in [4.78, 5) is 57.9. The minimum Gasteiger partial charge on any atom is -0.478 e. The van der Waals surface area contributed by atoms with E-state index in [1.807, 2.05) is 12.1 Å². The van der Waals surface area contributed by atoms with E-state index < -0.39 is 52.1 Å². The van der Waals surface area contributed by atoms with Crippen LogP contribution in [0.5, 0.6) is 5.75 Å². The maximum absolute atomic E-state index is 13.1. The standard InChI is InChI=1S/C22H23ClN4O11/c1-15(16-4-8-18(23)9-5-16)17-6-10-19(11-7-17)38-21(2,3)20(28)24-22(12-35-25(29)30,13-36-26(31)32)14-37-27(33)34/h4-11H,1,12-14H2,2-3H3,(H,24,28). The summed E-state index contributed by atoms with van der Waals surface area (Å²) in [6.45, 7) is 3.54. The third-order valence-corrected chi connectivity index (χ3v) is 5.28. The molecule has 0 heterocycles. The molecule has 0 aromatic heterocycles. The fourth-order valence-corrected chi connectivity index (χ4v) is 3.16. The molecule has 0 fully saturated rings. The third-order valence-electron chi connectivity index (χ3n) is 5.03. The predicted molar refractivity (Wildman–Crippen MR) is 130 cm³/mol. The van der Waals surface area contributed by atoms with E-state index in [-0.39, 0.29) is 5.75 Å². The zero-order chi connectivity index (χ0) is 28.5. The summed E-state index contributed by atoms with van der Waals surface area (Å²) in [6.07, 6.45) is 0. The molecule has 0 radical (unpaired) electrons. The Morgan fingerprint density at radius 2 is 1.24 bits per heavy atom. The molecule has 0 aliphatic heterocycles. The number of nitrogens with one attached hydrogen (secondary N) is 1. The van der Waals surface area contributed by atoms with Crippen LogP contribution in [0.3, 0.4) is 0 Å². The molecule has 204 valence electrons. The van der Waals surface area contributed by atoms with Gasteiger partial charge in [-0.1, -0.05) is 42.4 Å². The Bertz CT molecular complexity index is 1140. The van der Waals surface area contributed by atoms with Crippen LogP contribution in [-0.2, 0) is 19.3 Å². The van der Waals surface area contributed by atoms with Crippen LogP contribution in [0.2, 0.25) is 5.02 Å². The summed E-state index contributed by atoms with van der Waals surface area (Å²) in [7, 11) is 0. The van der Waals surface area contributed by atoms with Crippen molar-refractivity contribution in [3.63, 3.8) is 0 Å². The van der Waals surface area contributed by atoms with E-state index in [9.17, 15) is 35.1 Å². The Balaban J connectivity index is 2.21. The van der Waals surface area contributed by atoms with Gasteiger partial charge in [-0.15, -0.1) is 30.3 Å². The van der Waals surface area contributed by atoms with Crippen LogP contribution in [0.15, 0.2) is 55.1 Å². The summed E-state index contributed by atoms with van der Waals surface area (Å²) < 4.78 is 5.76. The first-order chi connectivity index (χ1) is 17.7. The minimum absolute atomic E-state index is 0.244.